The summed E-state index contributed by atoms with van der Waals surface area (Å²) < 4.78 is 43.2. The molecule has 0 unspecified atom stereocenters. The summed E-state index contributed by atoms with van der Waals surface area (Å²) in [6, 6.07) is 3.09. The van der Waals surface area contributed by atoms with E-state index in [1.807, 2.05) is 9.80 Å². The van der Waals surface area contributed by atoms with Crippen LogP contribution in [0.4, 0.5) is 30.8 Å². The number of rotatable bonds is 5. The normalized spacial score (nSPS) is 19.5. The van der Waals surface area contributed by atoms with Crippen LogP contribution in [0.3, 0.4) is 0 Å². The highest BCUT2D eigenvalue weighted by Gasteiger charge is 2.26. The lowest BCUT2D eigenvalue weighted by Gasteiger charge is -2.32. The molecule has 2 aromatic rings. The molecule has 0 amide bonds. The Hall–Kier alpha value is -2.78. The largest absolute Gasteiger partial charge is 0.431 e. The summed E-state index contributed by atoms with van der Waals surface area (Å²) in [6.07, 6.45) is 2.06. The molecule has 0 saturated carbocycles. The van der Waals surface area contributed by atoms with E-state index in [0.717, 1.165) is 19.5 Å². The highest BCUT2D eigenvalue weighted by atomic mass is 19.3. The number of hydrogen-bond donors (Lipinski definition) is 1. The van der Waals surface area contributed by atoms with Gasteiger partial charge in [-0.2, -0.15) is 13.8 Å². The van der Waals surface area contributed by atoms with Crippen LogP contribution in [-0.4, -0.2) is 53.9 Å². The topological polar surface area (TPSA) is 80.4 Å². The summed E-state index contributed by atoms with van der Waals surface area (Å²) in [5, 5.41) is 0. The number of pyridine rings is 1. The Kier molecular flexibility index (Phi) is 4.63. The lowest BCUT2D eigenvalue weighted by atomic mass is 10.2. The molecule has 2 fully saturated rings. The molecule has 1 atom stereocenters. The Balaban J connectivity index is 1.73. The van der Waals surface area contributed by atoms with Gasteiger partial charge in [0.15, 0.2) is 11.6 Å². The number of nitrogen functional groups attached to an aromatic ring is 1. The molecule has 7 nitrogen and oxygen atoms in total. The van der Waals surface area contributed by atoms with E-state index in [1.54, 1.807) is 6.07 Å². The molecule has 4 heterocycles. The summed E-state index contributed by atoms with van der Waals surface area (Å²) in [7, 11) is 0. The highest BCUT2D eigenvalue weighted by Crippen LogP contribution is 2.32. The van der Waals surface area contributed by atoms with Crippen LogP contribution in [-0.2, 0) is 0 Å². The van der Waals surface area contributed by atoms with E-state index in [1.165, 1.54) is 12.3 Å². The van der Waals surface area contributed by atoms with Crippen LogP contribution >= 0.6 is 0 Å². The molecule has 2 saturated heterocycles. The van der Waals surface area contributed by atoms with Crippen molar-refractivity contribution in [1.82, 2.24) is 15.0 Å². The van der Waals surface area contributed by atoms with Gasteiger partial charge in [-0.1, -0.05) is 0 Å². The third-order valence-corrected chi connectivity index (χ3v) is 4.69. The van der Waals surface area contributed by atoms with Crippen molar-refractivity contribution in [2.45, 2.75) is 25.6 Å². The molecule has 0 spiro atoms. The van der Waals surface area contributed by atoms with Crippen molar-refractivity contribution >= 4 is 17.6 Å². The highest BCUT2D eigenvalue weighted by molar-refractivity contribution is 5.68. The van der Waals surface area contributed by atoms with Gasteiger partial charge in [-0.15, -0.1) is 0 Å². The molecule has 0 aliphatic carbocycles. The van der Waals surface area contributed by atoms with Crippen molar-refractivity contribution in [3.05, 3.63) is 18.3 Å². The van der Waals surface area contributed by atoms with Crippen molar-refractivity contribution in [3.8, 4) is 17.0 Å². The van der Waals surface area contributed by atoms with Crippen LogP contribution in [0.15, 0.2) is 18.3 Å². The number of nitrogens with two attached hydrogens (primary N) is 1. The van der Waals surface area contributed by atoms with Crippen LogP contribution in [0.25, 0.3) is 11.3 Å². The summed E-state index contributed by atoms with van der Waals surface area (Å²) in [6.45, 7) is -0.483. The number of alkyl halides is 3. The number of halogens is 3. The lowest BCUT2D eigenvalue weighted by Crippen LogP contribution is -2.38. The average molecular weight is 380 g/mol. The molecular weight excluding hydrogens is 361 g/mol. The number of ether oxygens (including phenoxy) is 1. The Morgan fingerprint density at radius 2 is 1.96 bits per heavy atom. The molecule has 0 bridgehead atoms. The number of nitrogens with zero attached hydrogens (tertiary/aromatic N) is 5. The predicted octanol–water partition coefficient (Wildman–Crippen LogP) is 2.48. The fraction of sp³-hybridized carbons (Fsp3) is 0.471. The summed E-state index contributed by atoms with van der Waals surface area (Å²) in [4.78, 5) is 16.9. The average Bonchev–Trinajstić information content (AvgIpc) is 3.01. The second-order valence-electron chi connectivity index (χ2n) is 6.57. The van der Waals surface area contributed by atoms with Gasteiger partial charge in [0.1, 0.15) is 12.0 Å². The molecule has 2 aromatic heterocycles. The van der Waals surface area contributed by atoms with E-state index in [9.17, 15) is 13.2 Å². The SMILES string of the molecule is Nc1ncc(-c2cc(N3CC[C@H](F)C3)nc(N3CCC3)n2)cc1OC(F)F. The third-order valence-electron chi connectivity index (χ3n) is 4.69. The smallest absolute Gasteiger partial charge is 0.387 e. The first-order valence-corrected chi connectivity index (χ1v) is 8.73. The molecule has 2 N–H and O–H groups in total. The first kappa shape index (κ1) is 17.6. The second-order valence-corrected chi connectivity index (χ2v) is 6.57. The Morgan fingerprint density at radius 1 is 1.15 bits per heavy atom. The quantitative estimate of drug-likeness (QED) is 0.854. The van der Waals surface area contributed by atoms with Crippen LogP contribution in [0.5, 0.6) is 5.75 Å². The number of aromatic nitrogens is 3. The van der Waals surface area contributed by atoms with E-state index in [2.05, 4.69) is 19.7 Å². The molecule has 27 heavy (non-hydrogen) atoms. The number of anilines is 3. The van der Waals surface area contributed by atoms with Crippen molar-refractivity contribution < 1.29 is 17.9 Å². The van der Waals surface area contributed by atoms with Gasteiger partial charge in [-0.3, -0.25) is 0 Å². The minimum Gasteiger partial charge on any atom is -0.431 e. The van der Waals surface area contributed by atoms with Crippen molar-refractivity contribution in [2.75, 3.05) is 41.7 Å². The molecule has 0 aromatic carbocycles. The van der Waals surface area contributed by atoms with Crippen molar-refractivity contribution in [3.63, 3.8) is 0 Å². The van der Waals surface area contributed by atoms with Crippen LogP contribution in [0, 0.1) is 0 Å². The predicted molar refractivity (Wildman–Crippen MR) is 94.9 cm³/mol. The zero-order chi connectivity index (χ0) is 19.0. The first-order valence-electron chi connectivity index (χ1n) is 8.73. The molecule has 10 heteroatoms. The zero-order valence-electron chi connectivity index (χ0n) is 14.5. The maximum atomic E-state index is 13.6. The molecular formula is C17H19F3N6O. The molecule has 144 valence electrons. The van der Waals surface area contributed by atoms with Gasteiger partial charge in [0, 0.05) is 37.5 Å². The second kappa shape index (κ2) is 7.09. The van der Waals surface area contributed by atoms with E-state index in [0.29, 0.717) is 36.0 Å². The molecule has 0 radical (unpaired) electrons. The van der Waals surface area contributed by atoms with Gasteiger partial charge in [0.2, 0.25) is 5.95 Å². The van der Waals surface area contributed by atoms with Crippen LogP contribution < -0.4 is 20.3 Å². The number of hydrogen-bond acceptors (Lipinski definition) is 7. The van der Waals surface area contributed by atoms with Gasteiger partial charge < -0.3 is 20.3 Å². The summed E-state index contributed by atoms with van der Waals surface area (Å²) in [5.74, 6) is 0.800. The monoisotopic (exact) mass is 380 g/mol. The summed E-state index contributed by atoms with van der Waals surface area (Å²) >= 11 is 0. The molecule has 4 rings (SSSR count). The minimum absolute atomic E-state index is 0.129. The van der Waals surface area contributed by atoms with Gasteiger partial charge in [0.25, 0.3) is 0 Å². The Labute approximate surface area is 154 Å². The van der Waals surface area contributed by atoms with E-state index in [-0.39, 0.29) is 18.1 Å². The first-order chi connectivity index (χ1) is 13.0. The fourth-order valence-electron chi connectivity index (χ4n) is 3.10. The zero-order valence-corrected chi connectivity index (χ0v) is 14.5. The maximum absolute atomic E-state index is 13.6. The molecule has 2 aliphatic rings. The maximum Gasteiger partial charge on any atom is 0.387 e. The standard InChI is InChI=1S/C17H19F3N6O/c18-11-2-5-26(9-11)14-7-12(23-17(24-14)25-3-1-4-25)10-6-13(27-16(19)20)15(21)22-8-10/h6-8,11,16H,1-5,9H2,(H2,21,22)/t11-/m0/s1. The Bertz CT molecular complexity index is 832. The van der Waals surface area contributed by atoms with E-state index in [4.69, 9.17) is 5.73 Å². The van der Waals surface area contributed by atoms with Crippen LogP contribution in [0.2, 0.25) is 0 Å². The third kappa shape index (κ3) is 3.69. The van der Waals surface area contributed by atoms with Gasteiger partial charge in [0.05, 0.1) is 12.2 Å². The fourth-order valence-corrected chi connectivity index (χ4v) is 3.10. The summed E-state index contributed by atoms with van der Waals surface area (Å²) in [5.41, 5.74) is 6.58. The van der Waals surface area contributed by atoms with E-state index < -0.39 is 12.8 Å². The van der Waals surface area contributed by atoms with Gasteiger partial charge >= 0.3 is 6.61 Å². The van der Waals surface area contributed by atoms with Crippen molar-refractivity contribution in [2.24, 2.45) is 0 Å². The Morgan fingerprint density at radius 3 is 2.59 bits per heavy atom. The van der Waals surface area contributed by atoms with Gasteiger partial charge in [-0.25, -0.2) is 14.4 Å². The van der Waals surface area contributed by atoms with E-state index >= 15 is 0 Å². The van der Waals surface area contributed by atoms with Crippen molar-refractivity contribution in [1.29, 1.82) is 0 Å². The molecule has 2 aliphatic heterocycles. The lowest BCUT2D eigenvalue weighted by molar-refractivity contribution is -0.0494. The van der Waals surface area contributed by atoms with Crippen LogP contribution in [0.1, 0.15) is 12.8 Å². The van der Waals surface area contributed by atoms with Gasteiger partial charge in [-0.05, 0) is 18.9 Å². The minimum atomic E-state index is -3.01.